The maximum Gasteiger partial charge on any atom is 0.310 e. The van der Waals surface area contributed by atoms with E-state index in [4.69, 9.17) is 4.74 Å². The molecule has 0 unspecified atom stereocenters. The summed E-state index contributed by atoms with van der Waals surface area (Å²) in [5.41, 5.74) is -0.0244. The van der Waals surface area contributed by atoms with Crippen LogP contribution in [0.1, 0.15) is 44.7 Å². The highest BCUT2D eigenvalue weighted by Gasteiger charge is 2.47. The Hall–Kier alpha value is -0.940. The van der Waals surface area contributed by atoms with E-state index >= 15 is 0 Å². The molecule has 3 atom stereocenters. The molecule has 106 valence electrons. The Balaban J connectivity index is 2.22. The summed E-state index contributed by atoms with van der Waals surface area (Å²) >= 11 is 1.59. The Labute approximate surface area is 118 Å². The van der Waals surface area contributed by atoms with E-state index < -0.39 is 0 Å². The predicted molar refractivity (Wildman–Crippen MR) is 76.0 cm³/mol. The number of aromatic nitrogens is 1. The van der Waals surface area contributed by atoms with Crippen LogP contribution in [0.5, 0.6) is 0 Å². The summed E-state index contributed by atoms with van der Waals surface area (Å²) in [5, 5.41) is 6.54. The van der Waals surface area contributed by atoms with Gasteiger partial charge in [0, 0.05) is 17.1 Å². The molecule has 1 N–H and O–H groups in total. The number of methoxy groups -OCH3 is 1. The van der Waals surface area contributed by atoms with Crippen molar-refractivity contribution in [3.8, 4) is 0 Å². The topological polar surface area (TPSA) is 51.2 Å². The third-order valence-corrected chi connectivity index (χ3v) is 4.52. The molecule has 0 spiro atoms. The van der Waals surface area contributed by atoms with Gasteiger partial charge >= 0.3 is 5.97 Å². The summed E-state index contributed by atoms with van der Waals surface area (Å²) in [6, 6.07) is -0.0174. The normalized spacial score (nSPS) is 30.8. The van der Waals surface area contributed by atoms with E-state index in [1.165, 1.54) is 7.11 Å². The van der Waals surface area contributed by atoms with Crippen molar-refractivity contribution in [2.75, 3.05) is 7.11 Å². The van der Waals surface area contributed by atoms with Gasteiger partial charge in [0.1, 0.15) is 5.01 Å². The molecule has 2 rings (SSSR count). The number of ether oxygens (including phenoxy) is 1. The second kappa shape index (κ2) is 5.59. The zero-order chi connectivity index (χ0) is 14.0. The molecular weight excluding hydrogens is 260 g/mol. The first-order chi connectivity index (χ1) is 8.95. The van der Waals surface area contributed by atoms with Crippen LogP contribution in [0.25, 0.3) is 0 Å². The molecule has 0 aromatic carbocycles. The fraction of sp³-hybridized carbons (Fsp3) is 0.714. The van der Waals surface area contributed by atoms with E-state index in [0.29, 0.717) is 5.92 Å². The molecule has 0 aliphatic carbocycles. The molecule has 0 radical (unpaired) electrons. The van der Waals surface area contributed by atoms with E-state index in [9.17, 15) is 4.79 Å². The van der Waals surface area contributed by atoms with Crippen molar-refractivity contribution < 1.29 is 9.53 Å². The van der Waals surface area contributed by atoms with Gasteiger partial charge in [-0.25, -0.2) is 4.98 Å². The number of esters is 1. The van der Waals surface area contributed by atoms with Gasteiger partial charge in [0.2, 0.25) is 0 Å². The van der Waals surface area contributed by atoms with E-state index in [1.807, 2.05) is 5.38 Å². The van der Waals surface area contributed by atoms with E-state index in [-0.39, 0.29) is 23.5 Å². The predicted octanol–water partition coefficient (Wildman–Crippen LogP) is 2.77. The standard InChI is InChI=1S/C14H22N2O2S/c1-9(2)7-14(3)8-10(13(17)18-4)11(16-14)12-15-5-6-19-12/h5-6,9-11,16H,7-8H2,1-4H3/t10-,11+,14-/m0/s1. The van der Waals surface area contributed by atoms with Crippen LogP contribution in [0.4, 0.5) is 0 Å². The van der Waals surface area contributed by atoms with Crippen molar-refractivity contribution in [1.29, 1.82) is 0 Å². The minimum Gasteiger partial charge on any atom is -0.469 e. The molecule has 19 heavy (non-hydrogen) atoms. The maximum absolute atomic E-state index is 12.0. The van der Waals surface area contributed by atoms with Crippen LogP contribution >= 0.6 is 11.3 Å². The van der Waals surface area contributed by atoms with Gasteiger partial charge in [-0.05, 0) is 25.7 Å². The van der Waals surface area contributed by atoms with E-state index in [0.717, 1.165) is 17.8 Å². The van der Waals surface area contributed by atoms with Crippen LogP contribution in [0.3, 0.4) is 0 Å². The molecule has 4 nitrogen and oxygen atoms in total. The molecule has 2 heterocycles. The number of nitrogens with one attached hydrogen (secondary N) is 1. The molecule has 5 heteroatoms. The van der Waals surface area contributed by atoms with Gasteiger partial charge in [-0.2, -0.15) is 0 Å². The number of hydrogen-bond donors (Lipinski definition) is 1. The average Bonchev–Trinajstić information content (AvgIpc) is 2.94. The van der Waals surface area contributed by atoms with Crippen molar-refractivity contribution in [1.82, 2.24) is 10.3 Å². The lowest BCUT2D eigenvalue weighted by molar-refractivity contribution is -0.145. The van der Waals surface area contributed by atoms with E-state index in [1.54, 1.807) is 17.5 Å². The largest absolute Gasteiger partial charge is 0.469 e. The Morgan fingerprint density at radius 2 is 2.42 bits per heavy atom. The Morgan fingerprint density at radius 3 is 2.95 bits per heavy atom. The van der Waals surface area contributed by atoms with Crippen molar-refractivity contribution in [3.05, 3.63) is 16.6 Å². The van der Waals surface area contributed by atoms with Gasteiger partial charge in [-0.1, -0.05) is 13.8 Å². The van der Waals surface area contributed by atoms with Gasteiger partial charge < -0.3 is 10.1 Å². The first kappa shape index (κ1) is 14.5. The van der Waals surface area contributed by atoms with Crippen molar-refractivity contribution in [2.45, 2.75) is 45.2 Å². The quantitative estimate of drug-likeness (QED) is 0.863. The number of carbonyl (C=O) groups is 1. The molecule has 1 fully saturated rings. The zero-order valence-electron chi connectivity index (χ0n) is 12.0. The van der Waals surface area contributed by atoms with Crippen LogP contribution in [0.2, 0.25) is 0 Å². The second-order valence-electron chi connectivity index (χ2n) is 5.98. The fourth-order valence-electron chi connectivity index (χ4n) is 3.17. The summed E-state index contributed by atoms with van der Waals surface area (Å²) in [6.07, 6.45) is 3.64. The number of thiazole rings is 1. The smallest absolute Gasteiger partial charge is 0.310 e. The minimum atomic E-state index is -0.139. The van der Waals surface area contributed by atoms with Crippen molar-refractivity contribution in [3.63, 3.8) is 0 Å². The van der Waals surface area contributed by atoms with Gasteiger partial charge in [-0.3, -0.25) is 4.79 Å². The van der Waals surface area contributed by atoms with Crippen LogP contribution in [0.15, 0.2) is 11.6 Å². The van der Waals surface area contributed by atoms with Crippen LogP contribution < -0.4 is 5.32 Å². The lowest BCUT2D eigenvalue weighted by Gasteiger charge is -2.27. The van der Waals surface area contributed by atoms with Crippen LogP contribution in [-0.2, 0) is 9.53 Å². The first-order valence-corrected chi connectivity index (χ1v) is 7.58. The lowest BCUT2D eigenvalue weighted by Crippen LogP contribution is -2.38. The lowest BCUT2D eigenvalue weighted by atomic mass is 9.86. The third-order valence-electron chi connectivity index (χ3n) is 3.66. The monoisotopic (exact) mass is 282 g/mol. The zero-order valence-corrected chi connectivity index (χ0v) is 12.8. The fourth-order valence-corrected chi connectivity index (χ4v) is 3.93. The molecule has 1 saturated heterocycles. The second-order valence-corrected chi connectivity index (χ2v) is 6.91. The highest BCUT2D eigenvalue weighted by Crippen LogP contribution is 2.41. The molecule has 0 amide bonds. The Bertz CT molecular complexity index is 433. The summed E-state index contributed by atoms with van der Waals surface area (Å²) in [6.45, 7) is 6.60. The third kappa shape index (κ3) is 3.15. The summed E-state index contributed by atoms with van der Waals surface area (Å²) in [4.78, 5) is 16.4. The number of rotatable bonds is 4. The van der Waals surface area contributed by atoms with E-state index in [2.05, 4.69) is 31.1 Å². The van der Waals surface area contributed by atoms with Gasteiger partial charge in [0.05, 0.1) is 19.1 Å². The summed E-state index contributed by atoms with van der Waals surface area (Å²) in [7, 11) is 1.46. The molecular formula is C14H22N2O2S. The minimum absolute atomic E-state index is 0.0174. The van der Waals surface area contributed by atoms with Crippen LogP contribution in [0, 0.1) is 11.8 Å². The molecule has 1 aliphatic rings. The molecule has 1 aromatic heterocycles. The van der Waals surface area contributed by atoms with Crippen LogP contribution in [-0.4, -0.2) is 23.6 Å². The van der Waals surface area contributed by atoms with Gasteiger partial charge in [-0.15, -0.1) is 11.3 Å². The van der Waals surface area contributed by atoms with Crippen molar-refractivity contribution >= 4 is 17.3 Å². The summed E-state index contributed by atoms with van der Waals surface area (Å²) in [5.74, 6) is 0.311. The molecule has 1 aliphatic heterocycles. The maximum atomic E-state index is 12.0. The van der Waals surface area contributed by atoms with Crippen molar-refractivity contribution in [2.24, 2.45) is 11.8 Å². The first-order valence-electron chi connectivity index (χ1n) is 6.70. The summed E-state index contributed by atoms with van der Waals surface area (Å²) < 4.78 is 4.96. The molecule has 0 bridgehead atoms. The number of hydrogen-bond acceptors (Lipinski definition) is 5. The molecule has 1 aromatic rings. The highest BCUT2D eigenvalue weighted by atomic mass is 32.1. The number of nitrogens with zero attached hydrogens (tertiary/aromatic N) is 1. The van der Waals surface area contributed by atoms with Gasteiger partial charge in [0.15, 0.2) is 0 Å². The Morgan fingerprint density at radius 1 is 1.68 bits per heavy atom. The SMILES string of the molecule is COC(=O)[C@H]1C[C@](C)(CC(C)C)N[C@H]1c1nccs1. The van der Waals surface area contributed by atoms with Gasteiger partial charge in [0.25, 0.3) is 0 Å². The number of carbonyl (C=O) groups excluding carboxylic acids is 1. The Kier molecular flexibility index (Phi) is 4.26. The average molecular weight is 282 g/mol. The molecule has 0 saturated carbocycles. The highest BCUT2D eigenvalue weighted by molar-refractivity contribution is 7.09.